The number of hydrogen-bond acceptors (Lipinski definition) is 4. The third kappa shape index (κ3) is 3.52. The first-order valence-corrected chi connectivity index (χ1v) is 6.27. The Hall–Kier alpha value is -2.41. The van der Waals surface area contributed by atoms with Gasteiger partial charge in [-0.2, -0.15) is 5.26 Å². The molecule has 1 unspecified atom stereocenters. The highest BCUT2D eigenvalue weighted by Gasteiger charge is 2.07. The lowest BCUT2D eigenvalue weighted by Crippen LogP contribution is -2.16. The Morgan fingerprint density at radius 2 is 2.26 bits per heavy atom. The van der Waals surface area contributed by atoms with Crippen LogP contribution in [0.3, 0.4) is 0 Å². The van der Waals surface area contributed by atoms with E-state index in [1.807, 2.05) is 18.2 Å². The van der Waals surface area contributed by atoms with E-state index in [1.165, 1.54) is 0 Å². The molecule has 1 aromatic carbocycles. The van der Waals surface area contributed by atoms with Crippen molar-refractivity contribution in [3.05, 3.63) is 47.9 Å². The normalized spacial score (nSPS) is 11.8. The Morgan fingerprint density at radius 1 is 1.42 bits per heavy atom. The number of aryl methyl sites for hydroxylation is 1. The number of nitriles is 1. The maximum atomic E-state index is 8.79. The zero-order valence-corrected chi connectivity index (χ0v) is 10.9. The molecular weight excluding hydrogens is 238 g/mol. The highest BCUT2D eigenvalue weighted by Crippen LogP contribution is 2.21. The SMILES string of the molecule is CC(CCc1ccco1)Nc1ccc(C#N)cc1N. The van der Waals surface area contributed by atoms with Gasteiger partial charge in [0.05, 0.1) is 29.3 Å². The Morgan fingerprint density at radius 3 is 2.89 bits per heavy atom. The molecule has 0 saturated heterocycles. The van der Waals surface area contributed by atoms with E-state index in [4.69, 9.17) is 15.4 Å². The zero-order chi connectivity index (χ0) is 13.7. The molecule has 0 spiro atoms. The number of nitrogens with one attached hydrogen (secondary N) is 1. The van der Waals surface area contributed by atoms with Crippen molar-refractivity contribution in [2.24, 2.45) is 0 Å². The van der Waals surface area contributed by atoms with Crippen LogP contribution in [0.25, 0.3) is 0 Å². The van der Waals surface area contributed by atoms with Crippen LogP contribution in [0.2, 0.25) is 0 Å². The molecule has 4 nitrogen and oxygen atoms in total. The second-order valence-electron chi connectivity index (χ2n) is 4.58. The summed E-state index contributed by atoms with van der Waals surface area (Å²) in [6.07, 6.45) is 3.52. The predicted molar refractivity (Wildman–Crippen MR) is 75.7 cm³/mol. The first-order chi connectivity index (χ1) is 9.19. The molecule has 1 heterocycles. The standard InChI is InChI=1S/C15H17N3O/c1-11(4-6-13-3-2-8-19-13)18-15-7-5-12(10-16)9-14(15)17/h2-3,5,7-9,11,18H,4,6,17H2,1H3. The number of hydrogen-bond donors (Lipinski definition) is 2. The molecule has 1 atom stereocenters. The largest absolute Gasteiger partial charge is 0.469 e. The lowest BCUT2D eigenvalue weighted by molar-refractivity contribution is 0.495. The quantitative estimate of drug-likeness (QED) is 0.805. The Balaban J connectivity index is 1.91. The fraction of sp³-hybridized carbons (Fsp3) is 0.267. The van der Waals surface area contributed by atoms with Crippen LogP contribution < -0.4 is 11.1 Å². The van der Waals surface area contributed by atoms with Gasteiger partial charge in [0.2, 0.25) is 0 Å². The van der Waals surface area contributed by atoms with Crippen LogP contribution in [-0.4, -0.2) is 6.04 Å². The minimum Gasteiger partial charge on any atom is -0.469 e. The molecule has 4 heteroatoms. The van der Waals surface area contributed by atoms with Crippen molar-refractivity contribution < 1.29 is 4.42 Å². The molecule has 3 N–H and O–H groups in total. The molecule has 0 fully saturated rings. The monoisotopic (exact) mass is 255 g/mol. The summed E-state index contributed by atoms with van der Waals surface area (Å²) in [6, 6.07) is 11.5. The minimum atomic E-state index is 0.278. The van der Waals surface area contributed by atoms with E-state index < -0.39 is 0 Å². The molecule has 0 aliphatic carbocycles. The minimum absolute atomic E-state index is 0.278. The molecular formula is C15H17N3O. The van der Waals surface area contributed by atoms with E-state index in [2.05, 4.69) is 18.3 Å². The molecule has 1 aromatic heterocycles. The third-order valence-electron chi connectivity index (χ3n) is 2.99. The summed E-state index contributed by atoms with van der Waals surface area (Å²) in [7, 11) is 0. The second-order valence-corrected chi connectivity index (χ2v) is 4.58. The molecule has 0 saturated carbocycles. The van der Waals surface area contributed by atoms with Crippen molar-refractivity contribution in [2.75, 3.05) is 11.1 Å². The van der Waals surface area contributed by atoms with Crippen molar-refractivity contribution in [1.29, 1.82) is 5.26 Å². The van der Waals surface area contributed by atoms with E-state index in [9.17, 15) is 0 Å². The van der Waals surface area contributed by atoms with Crippen molar-refractivity contribution in [3.63, 3.8) is 0 Å². The number of rotatable bonds is 5. The van der Waals surface area contributed by atoms with Crippen LogP contribution in [0.15, 0.2) is 41.0 Å². The fourth-order valence-corrected chi connectivity index (χ4v) is 1.91. The molecule has 2 rings (SSSR count). The Labute approximate surface area is 112 Å². The van der Waals surface area contributed by atoms with Crippen molar-refractivity contribution >= 4 is 11.4 Å². The summed E-state index contributed by atoms with van der Waals surface area (Å²) in [6.45, 7) is 2.10. The summed E-state index contributed by atoms with van der Waals surface area (Å²) in [4.78, 5) is 0. The van der Waals surface area contributed by atoms with Crippen LogP contribution in [-0.2, 0) is 6.42 Å². The Bertz CT molecular complexity index is 570. The van der Waals surface area contributed by atoms with Gasteiger partial charge in [-0.1, -0.05) is 0 Å². The number of anilines is 2. The van der Waals surface area contributed by atoms with Gasteiger partial charge in [-0.3, -0.25) is 0 Å². The van der Waals surface area contributed by atoms with E-state index in [-0.39, 0.29) is 6.04 Å². The third-order valence-corrected chi connectivity index (χ3v) is 2.99. The summed E-state index contributed by atoms with van der Waals surface area (Å²) in [5, 5.41) is 12.1. The zero-order valence-electron chi connectivity index (χ0n) is 10.9. The number of furan rings is 1. The van der Waals surface area contributed by atoms with Gasteiger partial charge in [0, 0.05) is 12.5 Å². The molecule has 0 amide bonds. The molecule has 0 radical (unpaired) electrons. The summed E-state index contributed by atoms with van der Waals surface area (Å²) < 4.78 is 5.30. The van der Waals surface area contributed by atoms with E-state index in [1.54, 1.807) is 18.4 Å². The van der Waals surface area contributed by atoms with Crippen molar-refractivity contribution in [2.45, 2.75) is 25.8 Å². The van der Waals surface area contributed by atoms with Gasteiger partial charge in [-0.05, 0) is 43.7 Å². The number of nitrogens with two attached hydrogens (primary N) is 1. The second kappa shape index (κ2) is 5.96. The van der Waals surface area contributed by atoms with Gasteiger partial charge in [-0.25, -0.2) is 0 Å². The van der Waals surface area contributed by atoms with Gasteiger partial charge in [0.15, 0.2) is 0 Å². The molecule has 2 aromatic rings. The lowest BCUT2D eigenvalue weighted by Gasteiger charge is -2.16. The van der Waals surface area contributed by atoms with Gasteiger partial charge in [0.25, 0.3) is 0 Å². The number of benzene rings is 1. The van der Waals surface area contributed by atoms with Crippen LogP contribution in [0, 0.1) is 11.3 Å². The first kappa shape index (κ1) is 13.0. The topological polar surface area (TPSA) is 75.0 Å². The van der Waals surface area contributed by atoms with Crippen LogP contribution in [0.4, 0.5) is 11.4 Å². The average Bonchev–Trinajstić information content (AvgIpc) is 2.92. The number of nitrogens with zero attached hydrogens (tertiary/aromatic N) is 1. The Kier molecular flexibility index (Phi) is 4.09. The highest BCUT2D eigenvalue weighted by atomic mass is 16.3. The van der Waals surface area contributed by atoms with E-state index in [0.29, 0.717) is 11.3 Å². The average molecular weight is 255 g/mol. The van der Waals surface area contributed by atoms with E-state index >= 15 is 0 Å². The smallest absolute Gasteiger partial charge is 0.103 e. The molecule has 98 valence electrons. The number of nitrogen functional groups attached to an aromatic ring is 1. The molecule has 0 bridgehead atoms. The van der Waals surface area contributed by atoms with Crippen LogP contribution in [0.5, 0.6) is 0 Å². The predicted octanol–water partition coefficient (Wildman–Crippen LogP) is 3.17. The van der Waals surface area contributed by atoms with Gasteiger partial charge in [0.1, 0.15) is 5.76 Å². The lowest BCUT2D eigenvalue weighted by atomic mass is 10.1. The maximum Gasteiger partial charge on any atom is 0.103 e. The fourth-order valence-electron chi connectivity index (χ4n) is 1.91. The molecule has 0 aliphatic heterocycles. The summed E-state index contributed by atoms with van der Waals surface area (Å²) >= 11 is 0. The maximum absolute atomic E-state index is 8.79. The molecule has 0 aliphatic rings. The van der Waals surface area contributed by atoms with Gasteiger partial charge >= 0.3 is 0 Å². The highest BCUT2D eigenvalue weighted by molar-refractivity contribution is 5.68. The van der Waals surface area contributed by atoms with Gasteiger partial charge in [-0.15, -0.1) is 0 Å². The van der Waals surface area contributed by atoms with Crippen molar-refractivity contribution in [1.82, 2.24) is 0 Å². The summed E-state index contributed by atoms with van der Waals surface area (Å²) in [5.41, 5.74) is 7.95. The van der Waals surface area contributed by atoms with Crippen molar-refractivity contribution in [3.8, 4) is 6.07 Å². The first-order valence-electron chi connectivity index (χ1n) is 6.27. The van der Waals surface area contributed by atoms with E-state index in [0.717, 1.165) is 24.3 Å². The summed E-state index contributed by atoms with van der Waals surface area (Å²) in [5.74, 6) is 0.987. The molecule has 19 heavy (non-hydrogen) atoms. The van der Waals surface area contributed by atoms with Crippen LogP contribution in [0.1, 0.15) is 24.7 Å². The van der Waals surface area contributed by atoms with Gasteiger partial charge < -0.3 is 15.5 Å². The van der Waals surface area contributed by atoms with Crippen LogP contribution >= 0.6 is 0 Å².